The molecule has 38 heavy (non-hydrogen) atoms. The van der Waals surface area contributed by atoms with E-state index in [1.54, 1.807) is 0 Å². The molecule has 0 atom stereocenters. The highest BCUT2D eigenvalue weighted by Gasteiger charge is 2.22. The molecule has 0 spiro atoms. The average molecular weight is 510 g/mol. The highest BCUT2D eigenvalue weighted by Crippen LogP contribution is 2.27. The van der Waals surface area contributed by atoms with E-state index in [1.807, 2.05) is 36.1 Å². The first-order valence-electron chi connectivity index (χ1n) is 13.9. The fourth-order valence-corrected chi connectivity index (χ4v) is 5.49. The molecule has 6 heteroatoms. The summed E-state index contributed by atoms with van der Waals surface area (Å²) in [5.41, 5.74) is 7.21. The van der Waals surface area contributed by atoms with Crippen LogP contribution in [0.2, 0.25) is 0 Å². The third kappa shape index (κ3) is 5.76. The van der Waals surface area contributed by atoms with E-state index < -0.39 is 0 Å². The summed E-state index contributed by atoms with van der Waals surface area (Å²) in [6.45, 7) is 12.8. The van der Waals surface area contributed by atoms with E-state index in [1.165, 1.54) is 11.1 Å². The number of fused-ring (bicyclic) bond motifs is 1. The lowest BCUT2D eigenvalue weighted by atomic mass is 10.1. The predicted octanol–water partition coefficient (Wildman–Crippen LogP) is 5.91. The Morgan fingerprint density at radius 1 is 0.947 bits per heavy atom. The molecule has 0 bridgehead atoms. The number of carbonyl (C=O) groups is 1. The van der Waals surface area contributed by atoms with Crippen LogP contribution in [0.25, 0.3) is 22.2 Å². The van der Waals surface area contributed by atoms with Crippen LogP contribution in [0.15, 0.2) is 66.7 Å². The first kappa shape index (κ1) is 26.0. The Hall–Kier alpha value is -3.64. The Balaban J connectivity index is 1.16. The third-order valence-corrected chi connectivity index (χ3v) is 7.56. The number of piperazine rings is 1. The van der Waals surface area contributed by atoms with Gasteiger partial charge in [0.2, 0.25) is 0 Å². The van der Waals surface area contributed by atoms with Crippen LogP contribution in [0.3, 0.4) is 0 Å². The summed E-state index contributed by atoms with van der Waals surface area (Å²) in [4.78, 5) is 28.8. The molecule has 1 amide bonds. The highest BCUT2D eigenvalue weighted by molar-refractivity contribution is 5.97. The lowest BCUT2D eigenvalue weighted by Crippen LogP contribution is -2.47. The molecule has 0 unspecified atom stereocenters. The number of H-pyrrole nitrogens is 1. The van der Waals surface area contributed by atoms with Crippen molar-refractivity contribution in [2.24, 2.45) is 0 Å². The van der Waals surface area contributed by atoms with E-state index in [2.05, 4.69) is 71.1 Å². The number of carbonyl (C=O) groups excluding carboxylic acids is 1. The van der Waals surface area contributed by atoms with Crippen molar-refractivity contribution in [1.82, 2.24) is 19.8 Å². The maximum absolute atomic E-state index is 13.5. The first-order valence-corrected chi connectivity index (χ1v) is 13.9. The number of nitrogens with zero attached hydrogens (tertiary/aromatic N) is 4. The van der Waals surface area contributed by atoms with Gasteiger partial charge in [0.05, 0.1) is 16.8 Å². The van der Waals surface area contributed by atoms with Gasteiger partial charge in [-0.2, -0.15) is 0 Å². The topological polar surface area (TPSA) is 55.5 Å². The van der Waals surface area contributed by atoms with Crippen molar-refractivity contribution < 1.29 is 4.79 Å². The standard InChI is InChI=1S/C32H39N5O/c1-4-16-37(32(38)28-23-29(34-25(28)3)26-10-6-5-7-11-26)18-9-17-35-19-21-36(22-20-35)30-13-8-12-27-15-14-24(2)33-31(27)30/h5-8,10-15,23,34H,4,9,16-22H2,1-3H3. The Morgan fingerprint density at radius 2 is 1.74 bits per heavy atom. The average Bonchev–Trinajstić information content (AvgIpc) is 3.34. The molecule has 6 nitrogen and oxygen atoms in total. The fourth-order valence-electron chi connectivity index (χ4n) is 5.49. The minimum absolute atomic E-state index is 0.131. The van der Waals surface area contributed by atoms with Gasteiger partial charge in [0.15, 0.2) is 0 Å². The van der Waals surface area contributed by atoms with Gasteiger partial charge >= 0.3 is 0 Å². The zero-order valence-electron chi connectivity index (χ0n) is 22.9. The van der Waals surface area contributed by atoms with Crippen LogP contribution in [0.4, 0.5) is 5.69 Å². The molecule has 1 aliphatic heterocycles. The number of rotatable bonds is 9. The van der Waals surface area contributed by atoms with E-state index in [0.29, 0.717) is 0 Å². The summed E-state index contributed by atoms with van der Waals surface area (Å²) < 4.78 is 0. The number of hydrogen-bond donors (Lipinski definition) is 1. The molecule has 2 aromatic carbocycles. The molecule has 1 saturated heterocycles. The molecule has 0 aliphatic carbocycles. The number of hydrogen-bond acceptors (Lipinski definition) is 4. The van der Waals surface area contributed by atoms with Crippen LogP contribution in [0.5, 0.6) is 0 Å². The number of amides is 1. The van der Waals surface area contributed by atoms with Gasteiger partial charge in [0.1, 0.15) is 0 Å². The van der Waals surface area contributed by atoms with Gasteiger partial charge in [0.25, 0.3) is 5.91 Å². The maximum Gasteiger partial charge on any atom is 0.255 e. The number of pyridine rings is 1. The van der Waals surface area contributed by atoms with Gasteiger partial charge in [-0.15, -0.1) is 0 Å². The monoisotopic (exact) mass is 509 g/mol. The highest BCUT2D eigenvalue weighted by atomic mass is 16.2. The molecule has 3 heterocycles. The van der Waals surface area contributed by atoms with Gasteiger partial charge in [-0.3, -0.25) is 14.7 Å². The quantitative estimate of drug-likeness (QED) is 0.305. The summed E-state index contributed by atoms with van der Waals surface area (Å²) in [7, 11) is 0. The second kappa shape index (κ2) is 11.8. The lowest BCUT2D eigenvalue weighted by molar-refractivity contribution is 0.0746. The Labute approximate surface area is 226 Å². The Kier molecular flexibility index (Phi) is 8.08. The summed E-state index contributed by atoms with van der Waals surface area (Å²) in [5.74, 6) is 0.131. The van der Waals surface area contributed by atoms with Gasteiger partial charge in [0, 0.05) is 61.7 Å². The normalized spacial score (nSPS) is 14.2. The van der Waals surface area contributed by atoms with Crippen LogP contribution >= 0.6 is 0 Å². The van der Waals surface area contributed by atoms with Crippen LogP contribution in [-0.2, 0) is 0 Å². The van der Waals surface area contributed by atoms with E-state index in [9.17, 15) is 4.79 Å². The molecule has 1 N–H and O–H groups in total. The van der Waals surface area contributed by atoms with Crippen molar-refractivity contribution in [2.75, 3.05) is 50.7 Å². The second-order valence-electron chi connectivity index (χ2n) is 10.4. The van der Waals surface area contributed by atoms with Crippen LogP contribution in [0, 0.1) is 13.8 Å². The molecule has 198 valence electrons. The second-order valence-corrected chi connectivity index (χ2v) is 10.4. The van der Waals surface area contributed by atoms with E-state index in [0.717, 1.165) is 92.4 Å². The summed E-state index contributed by atoms with van der Waals surface area (Å²) in [6.07, 6.45) is 1.94. The third-order valence-electron chi connectivity index (χ3n) is 7.56. The van der Waals surface area contributed by atoms with Crippen molar-refractivity contribution in [2.45, 2.75) is 33.6 Å². The predicted molar refractivity (Wildman–Crippen MR) is 157 cm³/mol. The fraction of sp³-hybridized carbons (Fsp3) is 0.375. The zero-order valence-corrected chi connectivity index (χ0v) is 22.9. The van der Waals surface area contributed by atoms with Gasteiger partial charge in [-0.05, 0) is 57.0 Å². The maximum atomic E-state index is 13.5. The molecule has 4 aromatic rings. The zero-order chi connectivity index (χ0) is 26.5. The van der Waals surface area contributed by atoms with Crippen LogP contribution in [0.1, 0.15) is 41.5 Å². The SMILES string of the molecule is CCCN(CCCN1CCN(c2cccc3ccc(C)nc23)CC1)C(=O)c1cc(-c2ccccc2)[nH]c1C. The van der Waals surface area contributed by atoms with E-state index >= 15 is 0 Å². The number of anilines is 1. The number of aromatic nitrogens is 2. The smallest absolute Gasteiger partial charge is 0.255 e. The van der Waals surface area contributed by atoms with Crippen molar-refractivity contribution >= 4 is 22.5 Å². The molecular formula is C32H39N5O. The number of benzene rings is 2. The minimum atomic E-state index is 0.131. The van der Waals surface area contributed by atoms with Gasteiger partial charge in [-0.25, -0.2) is 0 Å². The summed E-state index contributed by atoms with van der Waals surface area (Å²) >= 11 is 0. The van der Waals surface area contributed by atoms with Crippen molar-refractivity contribution in [3.05, 3.63) is 83.7 Å². The summed E-state index contributed by atoms with van der Waals surface area (Å²) in [5, 5.41) is 1.20. The largest absolute Gasteiger partial charge is 0.367 e. The van der Waals surface area contributed by atoms with Crippen LogP contribution in [-0.4, -0.2) is 71.5 Å². The van der Waals surface area contributed by atoms with E-state index in [4.69, 9.17) is 4.98 Å². The number of aromatic amines is 1. The molecule has 2 aromatic heterocycles. The Bertz CT molecular complexity index is 1370. The van der Waals surface area contributed by atoms with Gasteiger partial charge in [-0.1, -0.05) is 55.5 Å². The number of aryl methyl sites for hydroxylation is 2. The van der Waals surface area contributed by atoms with Crippen molar-refractivity contribution in [1.29, 1.82) is 0 Å². The number of nitrogens with one attached hydrogen (secondary N) is 1. The van der Waals surface area contributed by atoms with Gasteiger partial charge < -0.3 is 14.8 Å². The molecule has 0 radical (unpaired) electrons. The van der Waals surface area contributed by atoms with Crippen molar-refractivity contribution in [3.8, 4) is 11.3 Å². The molecular weight excluding hydrogens is 470 g/mol. The Morgan fingerprint density at radius 3 is 2.50 bits per heavy atom. The summed E-state index contributed by atoms with van der Waals surface area (Å²) in [6, 6.07) is 22.9. The molecule has 5 rings (SSSR count). The molecule has 1 aliphatic rings. The first-order chi connectivity index (χ1) is 18.5. The minimum Gasteiger partial charge on any atom is -0.367 e. The number of para-hydroxylation sites is 1. The molecule has 1 fully saturated rings. The molecule has 0 saturated carbocycles. The van der Waals surface area contributed by atoms with Crippen molar-refractivity contribution in [3.63, 3.8) is 0 Å². The van der Waals surface area contributed by atoms with Crippen LogP contribution < -0.4 is 4.90 Å². The van der Waals surface area contributed by atoms with E-state index in [-0.39, 0.29) is 5.91 Å². The lowest BCUT2D eigenvalue weighted by Gasteiger charge is -2.36.